The Balaban J connectivity index is 2.10. The van der Waals surface area contributed by atoms with Crippen LogP contribution in [0.3, 0.4) is 0 Å². The molecule has 0 aromatic heterocycles. The SMILES string of the molecule is CC1C(C)C2C1OCCCN2C(C)C. The summed E-state index contributed by atoms with van der Waals surface area (Å²) in [6, 6.07) is 1.35. The van der Waals surface area contributed by atoms with Crippen molar-refractivity contribution in [1.82, 2.24) is 4.90 Å². The standard InChI is InChI=1S/C12H23NO/c1-8(2)13-6-5-7-14-12-10(4)9(3)11(12)13/h8-12H,5-7H2,1-4H3. The quantitative estimate of drug-likeness (QED) is 0.638. The summed E-state index contributed by atoms with van der Waals surface area (Å²) in [7, 11) is 0. The Labute approximate surface area is 87.6 Å². The number of nitrogens with zero attached hydrogens (tertiary/aromatic N) is 1. The van der Waals surface area contributed by atoms with Gasteiger partial charge in [0.05, 0.1) is 6.10 Å². The van der Waals surface area contributed by atoms with Crippen LogP contribution in [0.5, 0.6) is 0 Å². The first-order chi connectivity index (χ1) is 6.63. The van der Waals surface area contributed by atoms with E-state index in [-0.39, 0.29) is 0 Å². The van der Waals surface area contributed by atoms with Crippen molar-refractivity contribution < 1.29 is 4.74 Å². The van der Waals surface area contributed by atoms with Crippen molar-refractivity contribution in [2.45, 2.75) is 52.3 Å². The molecule has 1 heterocycles. The molecule has 2 nitrogen and oxygen atoms in total. The predicted octanol–water partition coefficient (Wildman–Crippen LogP) is 2.14. The van der Waals surface area contributed by atoms with E-state index in [1.807, 2.05) is 0 Å². The minimum atomic E-state index is 0.509. The van der Waals surface area contributed by atoms with Gasteiger partial charge in [-0.3, -0.25) is 4.90 Å². The molecule has 1 aliphatic heterocycles. The molecule has 0 amide bonds. The van der Waals surface area contributed by atoms with Gasteiger partial charge in [0.1, 0.15) is 0 Å². The second kappa shape index (κ2) is 3.82. The lowest BCUT2D eigenvalue weighted by atomic mass is 9.67. The van der Waals surface area contributed by atoms with Crippen molar-refractivity contribution in [3.63, 3.8) is 0 Å². The van der Waals surface area contributed by atoms with Crippen molar-refractivity contribution in [3.05, 3.63) is 0 Å². The Morgan fingerprint density at radius 2 is 1.93 bits per heavy atom. The Kier molecular flexibility index (Phi) is 2.85. The zero-order valence-corrected chi connectivity index (χ0v) is 9.86. The molecule has 1 aliphatic carbocycles. The van der Waals surface area contributed by atoms with Crippen LogP contribution in [0.1, 0.15) is 34.1 Å². The van der Waals surface area contributed by atoms with Crippen LogP contribution in [0.15, 0.2) is 0 Å². The summed E-state index contributed by atoms with van der Waals surface area (Å²) < 4.78 is 5.92. The van der Waals surface area contributed by atoms with Gasteiger partial charge in [0.25, 0.3) is 0 Å². The van der Waals surface area contributed by atoms with E-state index in [4.69, 9.17) is 4.74 Å². The van der Waals surface area contributed by atoms with Gasteiger partial charge >= 0.3 is 0 Å². The lowest BCUT2D eigenvalue weighted by molar-refractivity contribution is -0.132. The second-order valence-electron chi connectivity index (χ2n) is 5.23. The van der Waals surface area contributed by atoms with Crippen molar-refractivity contribution in [2.24, 2.45) is 11.8 Å². The largest absolute Gasteiger partial charge is 0.376 e. The Hall–Kier alpha value is -0.0800. The summed E-state index contributed by atoms with van der Waals surface area (Å²) in [6.07, 6.45) is 1.71. The van der Waals surface area contributed by atoms with Gasteiger partial charge in [-0.05, 0) is 32.1 Å². The summed E-state index contributed by atoms with van der Waals surface area (Å²) in [4.78, 5) is 2.64. The van der Waals surface area contributed by atoms with Crippen LogP contribution in [-0.2, 0) is 4.74 Å². The molecule has 0 aromatic carbocycles. The first-order valence-corrected chi connectivity index (χ1v) is 6.00. The van der Waals surface area contributed by atoms with Crippen LogP contribution in [0.4, 0.5) is 0 Å². The highest BCUT2D eigenvalue weighted by Gasteiger charge is 2.50. The molecule has 2 aliphatic rings. The van der Waals surface area contributed by atoms with Crippen molar-refractivity contribution in [3.8, 4) is 0 Å². The highest BCUT2D eigenvalue weighted by Crippen LogP contribution is 2.42. The van der Waals surface area contributed by atoms with Crippen LogP contribution in [0.2, 0.25) is 0 Å². The van der Waals surface area contributed by atoms with Gasteiger partial charge in [-0.1, -0.05) is 13.8 Å². The number of ether oxygens (including phenoxy) is 1. The van der Waals surface area contributed by atoms with Crippen molar-refractivity contribution in [2.75, 3.05) is 13.2 Å². The van der Waals surface area contributed by atoms with E-state index in [0.29, 0.717) is 18.2 Å². The van der Waals surface area contributed by atoms with Gasteiger partial charge in [-0.2, -0.15) is 0 Å². The van der Waals surface area contributed by atoms with Crippen LogP contribution < -0.4 is 0 Å². The van der Waals surface area contributed by atoms with Crippen molar-refractivity contribution >= 4 is 0 Å². The first kappa shape index (κ1) is 10.4. The monoisotopic (exact) mass is 197 g/mol. The molecular weight excluding hydrogens is 174 g/mol. The van der Waals surface area contributed by atoms with Gasteiger partial charge < -0.3 is 4.74 Å². The van der Waals surface area contributed by atoms with Gasteiger partial charge in [0, 0.05) is 25.2 Å². The molecule has 14 heavy (non-hydrogen) atoms. The molecule has 1 saturated heterocycles. The van der Waals surface area contributed by atoms with E-state index >= 15 is 0 Å². The number of rotatable bonds is 1. The summed E-state index contributed by atoms with van der Waals surface area (Å²) in [6.45, 7) is 11.5. The molecule has 2 fully saturated rings. The molecule has 0 N–H and O–H groups in total. The third-order valence-corrected chi connectivity index (χ3v) is 4.14. The lowest BCUT2D eigenvalue weighted by Crippen LogP contribution is -2.63. The highest BCUT2D eigenvalue weighted by molar-refractivity contribution is 5.02. The van der Waals surface area contributed by atoms with Crippen molar-refractivity contribution in [1.29, 1.82) is 0 Å². The smallest absolute Gasteiger partial charge is 0.0761 e. The van der Waals surface area contributed by atoms with Crippen LogP contribution >= 0.6 is 0 Å². The molecule has 0 bridgehead atoms. The normalized spacial score (nSPS) is 44.4. The second-order valence-corrected chi connectivity index (χ2v) is 5.23. The molecule has 1 saturated carbocycles. The first-order valence-electron chi connectivity index (χ1n) is 6.00. The summed E-state index contributed by atoms with van der Waals surface area (Å²) in [5, 5.41) is 0. The van der Waals surface area contributed by atoms with Crippen LogP contribution in [-0.4, -0.2) is 36.2 Å². The van der Waals surface area contributed by atoms with E-state index in [1.165, 1.54) is 13.0 Å². The summed E-state index contributed by atoms with van der Waals surface area (Å²) in [5.74, 6) is 1.56. The van der Waals surface area contributed by atoms with Gasteiger partial charge in [0.2, 0.25) is 0 Å². The molecule has 0 spiro atoms. The lowest BCUT2D eigenvalue weighted by Gasteiger charge is -2.53. The summed E-state index contributed by atoms with van der Waals surface area (Å²) >= 11 is 0. The van der Waals surface area contributed by atoms with E-state index in [0.717, 1.165) is 18.4 Å². The van der Waals surface area contributed by atoms with E-state index in [9.17, 15) is 0 Å². The fourth-order valence-corrected chi connectivity index (χ4v) is 3.03. The maximum absolute atomic E-state index is 5.92. The fourth-order valence-electron chi connectivity index (χ4n) is 3.03. The topological polar surface area (TPSA) is 12.5 Å². The van der Waals surface area contributed by atoms with Gasteiger partial charge in [-0.25, -0.2) is 0 Å². The Morgan fingerprint density at radius 1 is 1.21 bits per heavy atom. The fraction of sp³-hybridized carbons (Fsp3) is 1.00. The molecule has 0 aromatic rings. The van der Waals surface area contributed by atoms with Crippen LogP contribution in [0.25, 0.3) is 0 Å². The predicted molar refractivity (Wildman–Crippen MR) is 58.3 cm³/mol. The zero-order valence-electron chi connectivity index (χ0n) is 9.86. The third kappa shape index (κ3) is 1.49. The number of hydrogen-bond acceptors (Lipinski definition) is 2. The van der Waals surface area contributed by atoms with E-state index in [2.05, 4.69) is 32.6 Å². The minimum Gasteiger partial charge on any atom is -0.376 e. The molecule has 4 atom stereocenters. The number of hydrogen-bond donors (Lipinski definition) is 0. The Morgan fingerprint density at radius 3 is 2.57 bits per heavy atom. The zero-order chi connectivity index (χ0) is 10.3. The third-order valence-electron chi connectivity index (χ3n) is 4.14. The molecule has 2 heteroatoms. The molecule has 82 valence electrons. The van der Waals surface area contributed by atoms with Gasteiger partial charge in [0.15, 0.2) is 0 Å². The summed E-state index contributed by atoms with van der Waals surface area (Å²) in [5.41, 5.74) is 0. The molecular formula is C12H23NO. The van der Waals surface area contributed by atoms with Crippen LogP contribution in [0, 0.1) is 11.8 Å². The average molecular weight is 197 g/mol. The minimum absolute atomic E-state index is 0.509. The highest BCUT2D eigenvalue weighted by atomic mass is 16.5. The number of fused-ring (bicyclic) bond motifs is 1. The van der Waals surface area contributed by atoms with E-state index < -0.39 is 0 Å². The molecule has 2 rings (SSSR count). The molecule has 4 unspecified atom stereocenters. The Bertz CT molecular complexity index is 204. The molecule has 0 radical (unpaired) electrons. The maximum Gasteiger partial charge on any atom is 0.0761 e. The van der Waals surface area contributed by atoms with Gasteiger partial charge in [-0.15, -0.1) is 0 Å². The van der Waals surface area contributed by atoms with E-state index in [1.54, 1.807) is 0 Å². The average Bonchev–Trinajstić information content (AvgIpc) is 2.36. The maximum atomic E-state index is 5.92.